The second-order valence-corrected chi connectivity index (χ2v) is 5.80. The van der Waals surface area contributed by atoms with E-state index >= 15 is 0 Å². The van der Waals surface area contributed by atoms with Crippen LogP contribution in [0.1, 0.15) is 13.8 Å². The number of carbonyl (C=O) groups excluding carboxylic acids is 1. The molecule has 2 heterocycles. The Morgan fingerprint density at radius 1 is 1.45 bits per heavy atom. The van der Waals surface area contributed by atoms with Crippen molar-refractivity contribution < 1.29 is 9.90 Å². The molecule has 0 aliphatic heterocycles. The molecule has 2 N–H and O–H groups in total. The van der Waals surface area contributed by atoms with Gasteiger partial charge in [0.25, 0.3) is 0 Å². The van der Waals surface area contributed by atoms with Crippen LogP contribution in [-0.4, -0.2) is 51.9 Å². The van der Waals surface area contributed by atoms with Crippen molar-refractivity contribution in [1.82, 2.24) is 14.7 Å². The standard InChI is InChI=1S/C15H22N4O2S/c1-3-18(4-2)11-15(21)16-14-10-12(13-6-5-9-22-13)17-19(14)7-8-20/h5-6,9-10,20H,3-4,7-8,11H2,1-2H3,(H,16,21). The Bertz CT molecular complexity index is 591. The number of carbonyl (C=O) groups is 1. The van der Waals surface area contributed by atoms with Crippen LogP contribution in [0.15, 0.2) is 23.6 Å². The van der Waals surface area contributed by atoms with Crippen LogP contribution < -0.4 is 5.32 Å². The number of aliphatic hydroxyl groups excluding tert-OH is 1. The molecular weight excluding hydrogens is 300 g/mol. The molecule has 7 heteroatoms. The van der Waals surface area contributed by atoms with E-state index < -0.39 is 0 Å². The maximum absolute atomic E-state index is 12.1. The maximum Gasteiger partial charge on any atom is 0.239 e. The van der Waals surface area contributed by atoms with Crippen LogP contribution in [0.2, 0.25) is 0 Å². The van der Waals surface area contributed by atoms with Gasteiger partial charge >= 0.3 is 0 Å². The number of aliphatic hydroxyl groups is 1. The van der Waals surface area contributed by atoms with Gasteiger partial charge in [-0.2, -0.15) is 5.10 Å². The molecule has 2 rings (SSSR count). The van der Waals surface area contributed by atoms with E-state index in [9.17, 15) is 4.79 Å². The number of amides is 1. The molecule has 6 nitrogen and oxygen atoms in total. The minimum atomic E-state index is -0.0690. The van der Waals surface area contributed by atoms with Gasteiger partial charge in [0.05, 0.1) is 24.6 Å². The van der Waals surface area contributed by atoms with Crippen LogP contribution in [0.25, 0.3) is 10.6 Å². The number of hydrogen-bond donors (Lipinski definition) is 2. The molecule has 1 amide bonds. The summed E-state index contributed by atoms with van der Waals surface area (Å²) >= 11 is 1.59. The summed E-state index contributed by atoms with van der Waals surface area (Å²) in [6.07, 6.45) is 0. The van der Waals surface area contributed by atoms with E-state index in [0.717, 1.165) is 23.7 Å². The molecule has 0 fully saturated rings. The first-order valence-electron chi connectivity index (χ1n) is 7.42. The molecule has 0 spiro atoms. The summed E-state index contributed by atoms with van der Waals surface area (Å²) in [7, 11) is 0. The van der Waals surface area contributed by atoms with Gasteiger partial charge in [0.15, 0.2) is 0 Å². The zero-order valence-electron chi connectivity index (χ0n) is 13.0. The number of thiophene rings is 1. The second kappa shape index (κ2) is 8.07. The molecule has 2 aromatic rings. The van der Waals surface area contributed by atoms with Gasteiger partial charge in [0.1, 0.15) is 11.5 Å². The lowest BCUT2D eigenvalue weighted by molar-refractivity contribution is -0.117. The summed E-state index contributed by atoms with van der Waals surface area (Å²) in [5.74, 6) is 0.551. The summed E-state index contributed by atoms with van der Waals surface area (Å²) in [6, 6.07) is 5.79. The average molecular weight is 322 g/mol. The summed E-state index contributed by atoms with van der Waals surface area (Å²) in [6.45, 7) is 6.41. The molecular formula is C15H22N4O2S. The Morgan fingerprint density at radius 3 is 2.82 bits per heavy atom. The molecule has 0 aliphatic rings. The van der Waals surface area contributed by atoms with Crippen molar-refractivity contribution in [1.29, 1.82) is 0 Å². The quantitative estimate of drug-likeness (QED) is 0.778. The first-order chi connectivity index (χ1) is 10.7. The summed E-state index contributed by atoms with van der Waals surface area (Å²) in [5, 5.41) is 18.5. The Balaban J connectivity index is 2.13. The molecule has 0 aliphatic carbocycles. The van der Waals surface area contributed by atoms with Crippen molar-refractivity contribution in [2.24, 2.45) is 0 Å². The summed E-state index contributed by atoms with van der Waals surface area (Å²) in [5.41, 5.74) is 0.807. The predicted octanol–water partition coefficient (Wildman–Crippen LogP) is 1.88. The predicted molar refractivity (Wildman–Crippen MR) is 89.0 cm³/mol. The van der Waals surface area contributed by atoms with E-state index in [4.69, 9.17) is 5.11 Å². The highest BCUT2D eigenvalue weighted by Gasteiger charge is 2.14. The van der Waals surface area contributed by atoms with Gasteiger partial charge < -0.3 is 10.4 Å². The lowest BCUT2D eigenvalue weighted by Crippen LogP contribution is -2.33. The first-order valence-corrected chi connectivity index (χ1v) is 8.30. The van der Waals surface area contributed by atoms with E-state index in [1.54, 1.807) is 16.0 Å². The number of aromatic nitrogens is 2. The molecule has 2 aromatic heterocycles. The summed E-state index contributed by atoms with van der Waals surface area (Å²) < 4.78 is 1.63. The van der Waals surface area contributed by atoms with Gasteiger partial charge in [-0.15, -0.1) is 11.3 Å². The number of hydrogen-bond acceptors (Lipinski definition) is 5. The van der Waals surface area contributed by atoms with Crippen molar-refractivity contribution in [3.05, 3.63) is 23.6 Å². The maximum atomic E-state index is 12.1. The van der Waals surface area contributed by atoms with Crippen molar-refractivity contribution >= 4 is 23.1 Å². The van der Waals surface area contributed by atoms with Gasteiger partial charge in [-0.3, -0.25) is 9.69 Å². The fourth-order valence-electron chi connectivity index (χ4n) is 2.16. The molecule has 120 valence electrons. The Morgan fingerprint density at radius 2 is 2.23 bits per heavy atom. The largest absolute Gasteiger partial charge is 0.394 e. The van der Waals surface area contributed by atoms with Crippen LogP contribution in [0.4, 0.5) is 5.82 Å². The van der Waals surface area contributed by atoms with Crippen LogP contribution >= 0.6 is 11.3 Å². The molecule has 0 aromatic carbocycles. The van der Waals surface area contributed by atoms with Gasteiger partial charge in [-0.05, 0) is 24.5 Å². The number of nitrogens with one attached hydrogen (secondary N) is 1. The molecule has 0 saturated carbocycles. The van der Waals surface area contributed by atoms with Crippen LogP contribution in [0.5, 0.6) is 0 Å². The number of anilines is 1. The third kappa shape index (κ3) is 4.16. The Hall–Kier alpha value is -1.70. The highest BCUT2D eigenvalue weighted by atomic mass is 32.1. The Kier molecular flexibility index (Phi) is 6.11. The van der Waals surface area contributed by atoms with E-state index in [-0.39, 0.29) is 12.5 Å². The zero-order valence-corrected chi connectivity index (χ0v) is 13.8. The fourth-order valence-corrected chi connectivity index (χ4v) is 2.84. The van der Waals surface area contributed by atoms with Crippen LogP contribution in [0.3, 0.4) is 0 Å². The van der Waals surface area contributed by atoms with E-state index in [1.807, 2.05) is 42.3 Å². The normalized spacial score (nSPS) is 11.1. The van der Waals surface area contributed by atoms with E-state index in [2.05, 4.69) is 10.4 Å². The number of nitrogens with zero attached hydrogens (tertiary/aromatic N) is 3. The molecule has 0 bridgehead atoms. The summed E-state index contributed by atoms with van der Waals surface area (Å²) in [4.78, 5) is 15.2. The SMILES string of the molecule is CCN(CC)CC(=O)Nc1cc(-c2cccs2)nn1CCO. The monoisotopic (exact) mass is 322 g/mol. The van der Waals surface area contributed by atoms with Gasteiger partial charge in [-0.25, -0.2) is 4.68 Å². The molecule has 22 heavy (non-hydrogen) atoms. The number of likely N-dealkylation sites (N-methyl/N-ethyl adjacent to an activating group) is 1. The molecule has 0 atom stereocenters. The van der Waals surface area contributed by atoms with Gasteiger partial charge in [-0.1, -0.05) is 19.9 Å². The third-order valence-electron chi connectivity index (χ3n) is 3.39. The lowest BCUT2D eigenvalue weighted by atomic mass is 10.3. The Labute approximate surface area is 134 Å². The van der Waals surface area contributed by atoms with Crippen LogP contribution in [0, 0.1) is 0 Å². The van der Waals surface area contributed by atoms with Crippen molar-refractivity contribution in [3.8, 4) is 10.6 Å². The first kappa shape index (κ1) is 16.7. The smallest absolute Gasteiger partial charge is 0.239 e. The van der Waals surface area contributed by atoms with Crippen molar-refractivity contribution in [3.63, 3.8) is 0 Å². The minimum Gasteiger partial charge on any atom is -0.394 e. The van der Waals surface area contributed by atoms with E-state index in [0.29, 0.717) is 18.9 Å². The topological polar surface area (TPSA) is 70.4 Å². The second-order valence-electron chi connectivity index (χ2n) is 4.85. The minimum absolute atomic E-state index is 0.0233. The molecule has 0 radical (unpaired) electrons. The zero-order chi connectivity index (χ0) is 15.9. The van der Waals surface area contributed by atoms with Crippen LogP contribution in [-0.2, 0) is 11.3 Å². The average Bonchev–Trinajstić information content (AvgIpc) is 3.15. The van der Waals surface area contributed by atoms with Gasteiger partial charge in [0.2, 0.25) is 5.91 Å². The van der Waals surface area contributed by atoms with Crippen molar-refractivity contribution in [2.45, 2.75) is 20.4 Å². The molecule has 0 saturated heterocycles. The van der Waals surface area contributed by atoms with Gasteiger partial charge in [0, 0.05) is 6.07 Å². The lowest BCUT2D eigenvalue weighted by Gasteiger charge is -2.17. The van der Waals surface area contributed by atoms with E-state index in [1.165, 1.54) is 0 Å². The number of rotatable bonds is 8. The third-order valence-corrected chi connectivity index (χ3v) is 4.29. The highest BCUT2D eigenvalue weighted by Crippen LogP contribution is 2.26. The molecule has 0 unspecified atom stereocenters. The highest BCUT2D eigenvalue weighted by molar-refractivity contribution is 7.13. The fraction of sp³-hybridized carbons (Fsp3) is 0.467. The van der Waals surface area contributed by atoms with Crippen molar-refractivity contribution in [2.75, 3.05) is 31.6 Å².